The van der Waals surface area contributed by atoms with Crippen molar-refractivity contribution >= 4 is 28.5 Å². The second kappa shape index (κ2) is 6.75. The standard InChI is InChI=1S/C9H15N3O3S2/c1-7(17(2)15)3-4-12-6-10-11-9(12)16-5-8(13)14/h6-7H,3-5H2,1-2H3,(H,13,14). The lowest BCUT2D eigenvalue weighted by atomic mass is 10.3. The molecule has 0 fully saturated rings. The number of hydrogen-bond donors (Lipinski definition) is 1. The van der Waals surface area contributed by atoms with E-state index in [1.807, 2.05) is 6.92 Å². The largest absolute Gasteiger partial charge is 0.481 e. The Labute approximate surface area is 106 Å². The van der Waals surface area contributed by atoms with E-state index in [-0.39, 0.29) is 11.0 Å². The Morgan fingerprint density at radius 3 is 3.00 bits per heavy atom. The van der Waals surface area contributed by atoms with Crippen molar-refractivity contribution in [2.24, 2.45) is 0 Å². The Balaban J connectivity index is 2.51. The van der Waals surface area contributed by atoms with Crippen LogP contribution in [0.2, 0.25) is 0 Å². The normalized spacial score (nSPS) is 14.5. The molecule has 17 heavy (non-hydrogen) atoms. The van der Waals surface area contributed by atoms with E-state index in [1.165, 1.54) is 0 Å². The molecule has 0 radical (unpaired) electrons. The van der Waals surface area contributed by atoms with Crippen LogP contribution in [0.1, 0.15) is 13.3 Å². The monoisotopic (exact) mass is 277 g/mol. The summed E-state index contributed by atoms with van der Waals surface area (Å²) in [6, 6.07) is 0. The molecule has 0 aliphatic carbocycles. The van der Waals surface area contributed by atoms with E-state index in [4.69, 9.17) is 5.11 Å². The molecule has 0 saturated carbocycles. The third-order valence-corrected chi connectivity index (χ3v) is 4.58. The van der Waals surface area contributed by atoms with Crippen LogP contribution in [0.15, 0.2) is 11.5 Å². The topological polar surface area (TPSA) is 85.1 Å². The number of aliphatic carboxylic acids is 1. The molecule has 0 aliphatic heterocycles. The third-order valence-electron chi connectivity index (χ3n) is 2.25. The van der Waals surface area contributed by atoms with Crippen LogP contribution in [0.3, 0.4) is 0 Å². The first-order chi connectivity index (χ1) is 8.00. The third kappa shape index (κ3) is 4.86. The van der Waals surface area contributed by atoms with Crippen molar-refractivity contribution in [1.29, 1.82) is 0 Å². The molecule has 2 unspecified atom stereocenters. The molecule has 0 saturated heterocycles. The Kier molecular flexibility index (Phi) is 5.63. The highest BCUT2D eigenvalue weighted by Crippen LogP contribution is 2.15. The average Bonchev–Trinajstić information content (AvgIpc) is 2.70. The van der Waals surface area contributed by atoms with Gasteiger partial charge in [-0.25, -0.2) is 0 Å². The first kappa shape index (κ1) is 14.2. The van der Waals surface area contributed by atoms with Crippen LogP contribution in [0.4, 0.5) is 0 Å². The maximum atomic E-state index is 11.2. The molecule has 1 aromatic rings. The van der Waals surface area contributed by atoms with Crippen molar-refractivity contribution in [3.8, 4) is 0 Å². The number of aromatic nitrogens is 3. The minimum absolute atomic E-state index is 0.0338. The number of nitrogens with zero attached hydrogens (tertiary/aromatic N) is 3. The zero-order chi connectivity index (χ0) is 12.8. The molecule has 6 nitrogen and oxygen atoms in total. The zero-order valence-electron chi connectivity index (χ0n) is 9.70. The maximum absolute atomic E-state index is 11.2. The van der Waals surface area contributed by atoms with Crippen LogP contribution in [-0.2, 0) is 22.1 Å². The summed E-state index contributed by atoms with van der Waals surface area (Å²) in [4.78, 5) is 10.4. The smallest absolute Gasteiger partial charge is 0.313 e. The fourth-order valence-corrected chi connectivity index (χ4v) is 2.22. The summed E-state index contributed by atoms with van der Waals surface area (Å²) in [7, 11) is -0.845. The van der Waals surface area contributed by atoms with Gasteiger partial charge >= 0.3 is 5.97 Å². The Hall–Kier alpha value is -0.890. The van der Waals surface area contributed by atoms with Gasteiger partial charge in [-0.2, -0.15) is 0 Å². The van der Waals surface area contributed by atoms with E-state index in [0.717, 1.165) is 18.2 Å². The lowest BCUT2D eigenvalue weighted by molar-refractivity contribution is -0.133. The minimum atomic E-state index is -0.882. The Morgan fingerprint density at radius 1 is 1.71 bits per heavy atom. The van der Waals surface area contributed by atoms with E-state index in [9.17, 15) is 9.00 Å². The van der Waals surface area contributed by atoms with Crippen molar-refractivity contribution in [2.45, 2.75) is 30.3 Å². The lowest BCUT2D eigenvalue weighted by Crippen LogP contribution is -2.13. The molecule has 96 valence electrons. The maximum Gasteiger partial charge on any atom is 0.313 e. The molecule has 1 aromatic heterocycles. The van der Waals surface area contributed by atoms with Gasteiger partial charge in [0.15, 0.2) is 5.16 Å². The number of hydrogen-bond acceptors (Lipinski definition) is 5. The molecule has 0 spiro atoms. The minimum Gasteiger partial charge on any atom is -0.481 e. The van der Waals surface area contributed by atoms with Gasteiger partial charge in [0.25, 0.3) is 0 Å². The van der Waals surface area contributed by atoms with Crippen LogP contribution in [0.25, 0.3) is 0 Å². The predicted octanol–water partition coefficient (Wildman–Crippen LogP) is 0.612. The molecule has 2 atom stereocenters. The average molecular weight is 277 g/mol. The number of rotatable bonds is 7. The van der Waals surface area contributed by atoms with Gasteiger partial charge in [-0.3, -0.25) is 9.00 Å². The highest BCUT2D eigenvalue weighted by Gasteiger charge is 2.10. The summed E-state index contributed by atoms with van der Waals surface area (Å²) < 4.78 is 13.0. The molecule has 1 rings (SSSR count). The molecule has 8 heteroatoms. The summed E-state index contributed by atoms with van der Waals surface area (Å²) in [6.45, 7) is 2.57. The molecule has 0 aromatic carbocycles. The second-order valence-electron chi connectivity index (χ2n) is 3.59. The number of aryl methyl sites for hydroxylation is 1. The van der Waals surface area contributed by atoms with Crippen molar-refractivity contribution in [3.05, 3.63) is 6.33 Å². The van der Waals surface area contributed by atoms with Crippen LogP contribution >= 0.6 is 11.8 Å². The van der Waals surface area contributed by atoms with Crippen LogP contribution in [-0.4, -0.2) is 47.3 Å². The molecular formula is C9H15N3O3S2. The van der Waals surface area contributed by atoms with E-state index in [1.54, 1.807) is 17.2 Å². The molecule has 0 aliphatic rings. The van der Waals surface area contributed by atoms with Crippen LogP contribution < -0.4 is 0 Å². The van der Waals surface area contributed by atoms with E-state index in [2.05, 4.69) is 10.2 Å². The molecular weight excluding hydrogens is 262 g/mol. The number of carboxylic acids is 1. The summed E-state index contributed by atoms with van der Waals surface area (Å²) in [5.74, 6) is -0.916. The van der Waals surface area contributed by atoms with Gasteiger partial charge in [0, 0.05) is 28.9 Å². The molecule has 0 amide bonds. The molecule has 1 heterocycles. The van der Waals surface area contributed by atoms with Crippen molar-refractivity contribution < 1.29 is 14.1 Å². The first-order valence-electron chi connectivity index (χ1n) is 5.05. The number of carbonyl (C=O) groups is 1. The van der Waals surface area contributed by atoms with Gasteiger partial charge in [-0.05, 0) is 6.42 Å². The SMILES string of the molecule is CC(CCn1cnnc1SCC(=O)O)S(C)=O. The van der Waals surface area contributed by atoms with Gasteiger partial charge in [0.1, 0.15) is 6.33 Å². The van der Waals surface area contributed by atoms with Gasteiger partial charge in [-0.15, -0.1) is 10.2 Å². The Bertz CT molecular complexity index is 408. The quantitative estimate of drug-likeness (QED) is 0.735. The molecule has 0 bridgehead atoms. The summed E-state index contributed by atoms with van der Waals surface area (Å²) >= 11 is 1.14. The van der Waals surface area contributed by atoms with Gasteiger partial charge in [0.2, 0.25) is 0 Å². The number of carboxylic acid groups (broad SMARTS) is 1. The summed E-state index contributed by atoms with van der Waals surface area (Å²) in [5.41, 5.74) is 0. The first-order valence-corrected chi connectivity index (χ1v) is 7.66. The van der Waals surface area contributed by atoms with E-state index < -0.39 is 16.8 Å². The van der Waals surface area contributed by atoms with Gasteiger partial charge < -0.3 is 9.67 Å². The number of thioether (sulfide) groups is 1. The van der Waals surface area contributed by atoms with Crippen molar-refractivity contribution in [1.82, 2.24) is 14.8 Å². The van der Waals surface area contributed by atoms with Crippen molar-refractivity contribution in [2.75, 3.05) is 12.0 Å². The second-order valence-corrected chi connectivity index (χ2v) is 6.33. The molecule has 1 N–H and O–H groups in total. The fourth-order valence-electron chi connectivity index (χ4n) is 1.12. The summed E-state index contributed by atoms with van der Waals surface area (Å²) in [6.07, 6.45) is 3.99. The highest BCUT2D eigenvalue weighted by molar-refractivity contribution is 7.99. The van der Waals surface area contributed by atoms with E-state index in [0.29, 0.717) is 11.7 Å². The van der Waals surface area contributed by atoms with Crippen LogP contribution in [0, 0.1) is 0 Å². The summed E-state index contributed by atoms with van der Waals surface area (Å²) in [5, 5.41) is 16.9. The van der Waals surface area contributed by atoms with Crippen LogP contribution in [0.5, 0.6) is 0 Å². The van der Waals surface area contributed by atoms with Gasteiger partial charge in [0.05, 0.1) is 5.75 Å². The predicted molar refractivity (Wildman–Crippen MR) is 66.5 cm³/mol. The fraction of sp³-hybridized carbons (Fsp3) is 0.667. The lowest BCUT2D eigenvalue weighted by Gasteiger charge is -2.09. The zero-order valence-corrected chi connectivity index (χ0v) is 11.3. The highest BCUT2D eigenvalue weighted by atomic mass is 32.2. The van der Waals surface area contributed by atoms with E-state index >= 15 is 0 Å². The Morgan fingerprint density at radius 2 is 2.41 bits per heavy atom. The van der Waals surface area contributed by atoms with Crippen molar-refractivity contribution in [3.63, 3.8) is 0 Å². The van der Waals surface area contributed by atoms with Gasteiger partial charge in [-0.1, -0.05) is 18.7 Å².